The highest BCUT2D eigenvalue weighted by Gasteiger charge is 2.67. The molecule has 166 valence electrons. The third-order valence-electron chi connectivity index (χ3n) is 10.2. The minimum absolute atomic E-state index is 0.000407. The van der Waals surface area contributed by atoms with Crippen LogP contribution in [-0.4, -0.2) is 23.5 Å². The van der Waals surface area contributed by atoms with E-state index in [9.17, 15) is 9.59 Å². The number of hydrogen-bond acceptors (Lipinski definition) is 4. The highest BCUT2D eigenvalue weighted by Crippen LogP contribution is 2.69. The first-order valence-electron chi connectivity index (χ1n) is 12.3. The van der Waals surface area contributed by atoms with Gasteiger partial charge in [-0.1, -0.05) is 31.1 Å². The Kier molecular flexibility index (Phi) is 4.06. The first kappa shape index (κ1) is 19.8. The van der Waals surface area contributed by atoms with Gasteiger partial charge in [0.15, 0.2) is 5.78 Å². The Bertz CT molecular complexity index is 956. The third-order valence-corrected chi connectivity index (χ3v) is 10.2. The van der Waals surface area contributed by atoms with Crippen LogP contribution < -0.4 is 0 Å². The second-order valence-electron chi connectivity index (χ2n) is 11.5. The SMILES string of the molecule is CC1=CCC([C@@H]2CC3=CC(=O)CC[C@]3(C)C3=CC[C@@]4(C)[C@@H](CC[C@@]45CCC(=O)O5)[C@@H]32)O1. The van der Waals surface area contributed by atoms with Crippen LogP contribution in [0.15, 0.2) is 35.1 Å². The van der Waals surface area contributed by atoms with Crippen molar-refractivity contribution in [2.75, 3.05) is 0 Å². The lowest BCUT2D eigenvalue weighted by atomic mass is 9.47. The summed E-state index contributed by atoms with van der Waals surface area (Å²) >= 11 is 0. The average Bonchev–Trinajstić information content (AvgIpc) is 3.41. The Hall–Kier alpha value is -1.84. The van der Waals surface area contributed by atoms with Crippen molar-refractivity contribution in [1.29, 1.82) is 0 Å². The third kappa shape index (κ3) is 2.54. The number of carbonyl (C=O) groups is 2. The minimum atomic E-state index is -0.286. The van der Waals surface area contributed by atoms with Gasteiger partial charge in [-0.3, -0.25) is 9.59 Å². The quantitative estimate of drug-likeness (QED) is 0.417. The molecule has 0 aromatic rings. The number of fused-ring (bicyclic) bond motifs is 6. The molecule has 3 fully saturated rings. The van der Waals surface area contributed by atoms with E-state index in [1.165, 1.54) is 5.57 Å². The van der Waals surface area contributed by atoms with Crippen LogP contribution in [0.5, 0.6) is 0 Å². The van der Waals surface area contributed by atoms with E-state index in [1.54, 1.807) is 5.57 Å². The molecule has 6 rings (SSSR count). The van der Waals surface area contributed by atoms with Gasteiger partial charge in [0.2, 0.25) is 0 Å². The second-order valence-corrected chi connectivity index (χ2v) is 11.5. The smallest absolute Gasteiger partial charge is 0.306 e. The zero-order chi connectivity index (χ0) is 21.6. The van der Waals surface area contributed by atoms with Gasteiger partial charge in [-0.2, -0.15) is 0 Å². The van der Waals surface area contributed by atoms with Crippen LogP contribution in [-0.2, 0) is 19.1 Å². The van der Waals surface area contributed by atoms with E-state index in [0.717, 1.165) is 50.7 Å². The standard InChI is InChI=1S/C27H34O4/c1-16-4-5-22(30-16)19-15-17-14-18(28)6-10-25(17,2)20-7-11-26(3)21(24(19)20)8-12-27(26)13-9-23(29)31-27/h4,7,14,19,21-22,24H,5-6,8-13,15H2,1-3H3/t19-,21-,22?,24+,25-,26-,27+/m0/s1. The van der Waals surface area contributed by atoms with Crippen LogP contribution in [0.3, 0.4) is 0 Å². The number of ether oxygens (including phenoxy) is 2. The summed E-state index contributed by atoms with van der Waals surface area (Å²) in [5, 5.41) is 0. The van der Waals surface area contributed by atoms with E-state index in [-0.39, 0.29) is 34.3 Å². The number of ketones is 1. The van der Waals surface area contributed by atoms with Gasteiger partial charge in [0.25, 0.3) is 0 Å². The van der Waals surface area contributed by atoms with Crippen LogP contribution >= 0.6 is 0 Å². The summed E-state index contributed by atoms with van der Waals surface area (Å²) in [7, 11) is 0. The number of carbonyl (C=O) groups excluding carboxylic acids is 2. The number of hydrogen-bond donors (Lipinski definition) is 0. The van der Waals surface area contributed by atoms with Crippen LogP contribution in [0.2, 0.25) is 0 Å². The summed E-state index contributed by atoms with van der Waals surface area (Å²) in [6.07, 6.45) is 14.9. The Balaban J connectivity index is 1.46. The van der Waals surface area contributed by atoms with E-state index in [0.29, 0.717) is 30.6 Å². The average molecular weight is 423 g/mol. The van der Waals surface area contributed by atoms with Crippen molar-refractivity contribution < 1.29 is 19.1 Å². The topological polar surface area (TPSA) is 52.6 Å². The second kappa shape index (κ2) is 6.36. The molecule has 7 atom stereocenters. The first-order chi connectivity index (χ1) is 14.8. The fourth-order valence-electron chi connectivity index (χ4n) is 8.44. The molecule has 0 bridgehead atoms. The summed E-state index contributed by atoms with van der Waals surface area (Å²) in [6, 6.07) is 0. The van der Waals surface area contributed by atoms with Gasteiger partial charge >= 0.3 is 5.97 Å². The van der Waals surface area contributed by atoms with Crippen molar-refractivity contribution in [3.05, 3.63) is 35.1 Å². The van der Waals surface area contributed by atoms with Crippen molar-refractivity contribution in [3.8, 4) is 0 Å². The van der Waals surface area contributed by atoms with Crippen molar-refractivity contribution in [2.24, 2.45) is 28.6 Å². The van der Waals surface area contributed by atoms with Crippen LogP contribution in [0.1, 0.15) is 78.6 Å². The predicted molar refractivity (Wildman–Crippen MR) is 117 cm³/mol. The van der Waals surface area contributed by atoms with Crippen molar-refractivity contribution in [3.63, 3.8) is 0 Å². The van der Waals surface area contributed by atoms with Crippen LogP contribution in [0.4, 0.5) is 0 Å². The van der Waals surface area contributed by atoms with Gasteiger partial charge in [-0.25, -0.2) is 0 Å². The molecule has 4 nitrogen and oxygen atoms in total. The molecular weight excluding hydrogens is 388 g/mol. The summed E-state index contributed by atoms with van der Waals surface area (Å²) in [6.45, 7) is 6.83. The molecule has 31 heavy (non-hydrogen) atoms. The maximum Gasteiger partial charge on any atom is 0.306 e. The van der Waals surface area contributed by atoms with Crippen LogP contribution in [0, 0.1) is 28.6 Å². The minimum Gasteiger partial charge on any atom is -0.495 e. The summed E-state index contributed by atoms with van der Waals surface area (Å²) in [4.78, 5) is 24.5. The summed E-state index contributed by atoms with van der Waals surface area (Å²) < 4.78 is 12.5. The molecule has 0 amide bonds. The predicted octanol–water partition coefficient (Wildman–Crippen LogP) is 5.43. The lowest BCUT2D eigenvalue weighted by Gasteiger charge is -2.58. The Morgan fingerprint density at radius 2 is 1.90 bits per heavy atom. The molecule has 2 aliphatic heterocycles. The lowest BCUT2D eigenvalue weighted by molar-refractivity contribution is -0.161. The molecule has 6 aliphatic rings. The number of allylic oxidation sites excluding steroid dienone is 5. The van der Waals surface area contributed by atoms with Gasteiger partial charge in [-0.05, 0) is 69.4 Å². The van der Waals surface area contributed by atoms with Crippen molar-refractivity contribution >= 4 is 11.8 Å². The molecule has 0 aromatic heterocycles. The highest BCUT2D eigenvalue weighted by atomic mass is 16.6. The molecule has 4 aliphatic carbocycles. The van der Waals surface area contributed by atoms with Gasteiger partial charge in [0.05, 0.1) is 5.76 Å². The molecule has 0 aromatic carbocycles. The highest BCUT2D eigenvalue weighted by molar-refractivity contribution is 5.92. The maximum atomic E-state index is 12.3. The Morgan fingerprint density at radius 3 is 2.61 bits per heavy atom. The molecule has 1 spiro atoms. The van der Waals surface area contributed by atoms with Crippen molar-refractivity contribution in [1.82, 2.24) is 0 Å². The van der Waals surface area contributed by atoms with E-state index in [1.807, 2.05) is 6.08 Å². The maximum absolute atomic E-state index is 12.3. The number of esters is 1. The van der Waals surface area contributed by atoms with E-state index in [2.05, 4.69) is 32.9 Å². The number of rotatable bonds is 1. The Morgan fingerprint density at radius 1 is 1.06 bits per heavy atom. The largest absolute Gasteiger partial charge is 0.495 e. The zero-order valence-electron chi connectivity index (χ0n) is 19.0. The van der Waals surface area contributed by atoms with Crippen LogP contribution in [0.25, 0.3) is 0 Å². The summed E-state index contributed by atoms with van der Waals surface area (Å²) in [5.74, 6) is 2.62. The fraction of sp³-hybridized carbons (Fsp3) is 0.704. The molecule has 0 radical (unpaired) electrons. The molecule has 2 heterocycles. The molecule has 1 unspecified atom stereocenters. The molecule has 0 N–H and O–H groups in total. The first-order valence-corrected chi connectivity index (χ1v) is 12.3. The fourth-order valence-corrected chi connectivity index (χ4v) is 8.44. The van der Waals surface area contributed by atoms with Gasteiger partial charge in [-0.15, -0.1) is 0 Å². The lowest BCUT2D eigenvalue weighted by Crippen LogP contribution is -2.54. The van der Waals surface area contributed by atoms with Gasteiger partial charge in [0, 0.05) is 36.0 Å². The summed E-state index contributed by atoms with van der Waals surface area (Å²) in [5.41, 5.74) is 2.59. The van der Waals surface area contributed by atoms with E-state index in [4.69, 9.17) is 9.47 Å². The normalized spacial score (nSPS) is 48.3. The van der Waals surface area contributed by atoms with Gasteiger partial charge in [0.1, 0.15) is 11.7 Å². The zero-order valence-corrected chi connectivity index (χ0v) is 19.0. The van der Waals surface area contributed by atoms with E-state index >= 15 is 0 Å². The Labute approximate surface area is 185 Å². The molecular formula is C27H34O4. The molecule has 1 saturated heterocycles. The molecule has 2 saturated carbocycles. The van der Waals surface area contributed by atoms with E-state index < -0.39 is 0 Å². The molecule has 4 heteroatoms. The monoisotopic (exact) mass is 422 g/mol. The van der Waals surface area contributed by atoms with Gasteiger partial charge < -0.3 is 9.47 Å². The van der Waals surface area contributed by atoms with Crippen molar-refractivity contribution in [2.45, 2.75) is 90.3 Å².